The molecular weight excluding hydrogens is 236 g/mol. The molecule has 94 valence electrons. The summed E-state index contributed by atoms with van der Waals surface area (Å²) >= 11 is 0. The number of hydrogen-bond donors (Lipinski definition) is 1. The third-order valence-electron chi connectivity index (χ3n) is 2.42. The molecule has 1 unspecified atom stereocenters. The van der Waals surface area contributed by atoms with Gasteiger partial charge in [-0.25, -0.2) is 0 Å². The molecule has 2 amide bonds. The van der Waals surface area contributed by atoms with Crippen molar-refractivity contribution >= 4 is 18.2 Å². The van der Waals surface area contributed by atoms with Crippen molar-refractivity contribution in [2.75, 3.05) is 7.11 Å². The zero-order valence-electron chi connectivity index (χ0n) is 9.97. The van der Waals surface area contributed by atoms with E-state index in [-0.39, 0.29) is 0 Å². The Hall–Kier alpha value is -2.37. The largest absolute Gasteiger partial charge is 0.493 e. The summed E-state index contributed by atoms with van der Waals surface area (Å²) in [5, 5.41) is 2.31. The van der Waals surface area contributed by atoms with Crippen LogP contribution in [0.15, 0.2) is 23.2 Å². The molecule has 1 heterocycles. The summed E-state index contributed by atoms with van der Waals surface area (Å²) < 4.78 is 10.5. The van der Waals surface area contributed by atoms with E-state index < -0.39 is 17.9 Å². The second-order valence-corrected chi connectivity index (χ2v) is 3.76. The summed E-state index contributed by atoms with van der Waals surface area (Å²) in [5.74, 6) is -0.391. The van der Waals surface area contributed by atoms with Gasteiger partial charge in [0.15, 0.2) is 11.5 Å². The van der Waals surface area contributed by atoms with Gasteiger partial charge in [-0.05, 0) is 24.6 Å². The standard InChI is InChI=1S/C12H12N2O4/c1-7-3-4-8(9(5-7)17-2)18-10-11(15)13-6-14-12(10)16/h3-6,10H,1-2H3,(H,13,14,15,16). The lowest BCUT2D eigenvalue weighted by Crippen LogP contribution is -2.46. The minimum Gasteiger partial charge on any atom is -0.493 e. The third kappa shape index (κ3) is 2.32. The number of aryl methyl sites for hydroxylation is 1. The van der Waals surface area contributed by atoms with E-state index in [2.05, 4.69) is 10.3 Å². The number of nitrogens with one attached hydrogen (secondary N) is 1. The van der Waals surface area contributed by atoms with Gasteiger partial charge in [-0.3, -0.25) is 9.59 Å². The number of carbonyl (C=O) groups excluding carboxylic acids is 2. The van der Waals surface area contributed by atoms with Crippen LogP contribution in [0, 0.1) is 6.92 Å². The van der Waals surface area contributed by atoms with Crippen molar-refractivity contribution in [3.05, 3.63) is 23.8 Å². The fraction of sp³-hybridized carbons (Fsp3) is 0.250. The first kappa shape index (κ1) is 12.1. The Labute approximate surface area is 104 Å². The maximum absolute atomic E-state index is 11.5. The van der Waals surface area contributed by atoms with Crippen LogP contribution in [-0.2, 0) is 9.59 Å². The van der Waals surface area contributed by atoms with Gasteiger partial charge < -0.3 is 14.8 Å². The first-order valence-corrected chi connectivity index (χ1v) is 5.30. The molecule has 0 radical (unpaired) electrons. The van der Waals surface area contributed by atoms with E-state index in [4.69, 9.17) is 9.47 Å². The third-order valence-corrected chi connectivity index (χ3v) is 2.42. The highest BCUT2D eigenvalue weighted by molar-refractivity contribution is 6.12. The molecule has 0 fully saturated rings. The van der Waals surface area contributed by atoms with E-state index in [9.17, 15) is 9.59 Å². The monoisotopic (exact) mass is 248 g/mol. The summed E-state index contributed by atoms with van der Waals surface area (Å²) in [5.41, 5.74) is 0.983. The number of hydrogen-bond acceptors (Lipinski definition) is 4. The summed E-state index contributed by atoms with van der Waals surface area (Å²) in [4.78, 5) is 26.4. The van der Waals surface area contributed by atoms with E-state index in [1.165, 1.54) is 7.11 Å². The predicted molar refractivity (Wildman–Crippen MR) is 63.8 cm³/mol. The highest BCUT2D eigenvalue weighted by Crippen LogP contribution is 2.29. The number of aliphatic imine (C=N–C) groups is 1. The van der Waals surface area contributed by atoms with Gasteiger partial charge in [-0.2, -0.15) is 4.99 Å². The van der Waals surface area contributed by atoms with Crippen LogP contribution in [0.5, 0.6) is 11.5 Å². The first-order valence-electron chi connectivity index (χ1n) is 5.30. The van der Waals surface area contributed by atoms with Crippen molar-refractivity contribution in [2.24, 2.45) is 4.99 Å². The Balaban J connectivity index is 2.26. The van der Waals surface area contributed by atoms with Crippen LogP contribution in [0.3, 0.4) is 0 Å². The van der Waals surface area contributed by atoms with Crippen molar-refractivity contribution in [1.29, 1.82) is 0 Å². The topological polar surface area (TPSA) is 77.0 Å². The highest BCUT2D eigenvalue weighted by atomic mass is 16.5. The second kappa shape index (κ2) is 4.87. The van der Waals surface area contributed by atoms with Crippen molar-refractivity contribution in [3.8, 4) is 11.5 Å². The normalized spacial score (nSPS) is 18.4. The second-order valence-electron chi connectivity index (χ2n) is 3.76. The minimum atomic E-state index is -1.27. The summed E-state index contributed by atoms with van der Waals surface area (Å²) in [6, 6.07) is 5.20. The molecule has 6 nitrogen and oxygen atoms in total. The van der Waals surface area contributed by atoms with E-state index in [1.54, 1.807) is 18.2 Å². The number of rotatable bonds is 3. The Morgan fingerprint density at radius 2 is 2.06 bits per heavy atom. The van der Waals surface area contributed by atoms with Gasteiger partial charge in [-0.1, -0.05) is 6.07 Å². The van der Waals surface area contributed by atoms with Gasteiger partial charge in [0.2, 0.25) is 0 Å². The molecule has 0 bridgehead atoms. The number of carbonyl (C=O) groups is 2. The molecule has 1 N–H and O–H groups in total. The van der Waals surface area contributed by atoms with Gasteiger partial charge in [0, 0.05) is 0 Å². The molecule has 0 aliphatic carbocycles. The molecule has 0 spiro atoms. The van der Waals surface area contributed by atoms with Gasteiger partial charge in [0.25, 0.3) is 17.9 Å². The maximum Gasteiger partial charge on any atom is 0.298 e. The molecule has 1 atom stereocenters. The number of nitrogens with zero attached hydrogens (tertiary/aromatic N) is 1. The lowest BCUT2D eigenvalue weighted by Gasteiger charge is -2.18. The highest BCUT2D eigenvalue weighted by Gasteiger charge is 2.31. The van der Waals surface area contributed by atoms with E-state index >= 15 is 0 Å². The van der Waals surface area contributed by atoms with Gasteiger partial charge in [0.1, 0.15) is 0 Å². The zero-order valence-corrected chi connectivity index (χ0v) is 9.97. The lowest BCUT2D eigenvalue weighted by molar-refractivity contribution is -0.137. The molecule has 2 rings (SSSR count). The van der Waals surface area contributed by atoms with E-state index in [1.807, 2.05) is 6.92 Å². The number of methoxy groups -OCH3 is 1. The van der Waals surface area contributed by atoms with Crippen molar-refractivity contribution < 1.29 is 19.1 Å². The predicted octanol–water partition coefficient (Wildman–Crippen LogP) is 0.436. The molecule has 1 aliphatic heterocycles. The molecule has 1 aromatic carbocycles. The first-order chi connectivity index (χ1) is 8.61. The molecule has 1 aromatic rings. The molecular formula is C12H12N2O4. The van der Waals surface area contributed by atoms with Crippen molar-refractivity contribution in [3.63, 3.8) is 0 Å². The lowest BCUT2D eigenvalue weighted by atomic mass is 10.2. The minimum absolute atomic E-state index is 0.328. The van der Waals surface area contributed by atoms with Crippen LogP contribution in [0.1, 0.15) is 5.56 Å². The summed E-state index contributed by atoms with van der Waals surface area (Å²) in [6.07, 6.45) is -0.219. The summed E-state index contributed by atoms with van der Waals surface area (Å²) in [7, 11) is 1.49. The van der Waals surface area contributed by atoms with E-state index in [0.717, 1.165) is 11.9 Å². The van der Waals surface area contributed by atoms with Gasteiger partial charge in [-0.15, -0.1) is 0 Å². The van der Waals surface area contributed by atoms with Crippen molar-refractivity contribution in [1.82, 2.24) is 5.32 Å². The van der Waals surface area contributed by atoms with Gasteiger partial charge >= 0.3 is 0 Å². The Morgan fingerprint density at radius 1 is 1.28 bits per heavy atom. The van der Waals surface area contributed by atoms with Crippen molar-refractivity contribution in [2.45, 2.75) is 13.0 Å². The van der Waals surface area contributed by atoms with E-state index in [0.29, 0.717) is 11.5 Å². The molecule has 6 heteroatoms. The quantitative estimate of drug-likeness (QED) is 0.787. The number of benzene rings is 1. The van der Waals surface area contributed by atoms with Crippen LogP contribution >= 0.6 is 0 Å². The van der Waals surface area contributed by atoms with Crippen LogP contribution in [0.25, 0.3) is 0 Å². The molecule has 0 saturated carbocycles. The van der Waals surface area contributed by atoms with Crippen LogP contribution < -0.4 is 14.8 Å². The number of amides is 2. The molecule has 0 aromatic heterocycles. The Kier molecular flexibility index (Phi) is 3.27. The maximum atomic E-state index is 11.5. The average Bonchev–Trinajstić information content (AvgIpc) is 2.35. The molecule has 1 aliphatic rings. The summed E-state index contributed by atoms with van der Waals surface area (Å²) in [6.45, 7) is 1.90. The Morgan fingerprint density at radius 3 is 2.72 bits per heavy atom. The fourth-order valence-electron chi connectivity index (χ4n) is 1.52. The number of ether oxygens (including phenoxy) is 2. The van der Waals surface area contributed by atoms with Crippen LogP contribution in [-0.4, -0.2) is 31.4 Å². The SMILES string of the molecule is COc1cc(C)ccc1OC1C(=O)N=CNC1=O. The molecule has 0 saturated heterocycles. The fourth-order valence-corrected chi connectivity index (χ4v) is 1.52. The van der Waals surface area contributed by atoms with Crippen LogP contribution in [0.2, 0.25) is 0 Å². The van der Waals surface area contributed by atoms with Gasteiger partial charge in [0.05, 0.1) is 13.4 Å². The average molecular weight is 248 g/mol. The smallest absolute Gasteiger partial charge is 0.298 e. The Bertz CT molecular complexity index is 525. The zero-order chi connectivity index (χ0) is 13.1. The van der Waals surface area contributed by atoms with Crippen LogP contribution in [0.4, 0.5) is 0 Å². The molecule has 18 heavy (non-hydrogen) atoms.